The Labute approximate surface area is 168 Å². The van der Waals surface area contributed by atoms with E-state index in [0.29, 0.717) is 30.6 Å². The van der Waals surface area contributed by atoms with Crippen molar-refractivity contribution in [3.8, 4) is 17.2 Å². The maximum atomic E-state index is 13.0. The van der Waals surface area contributed by atoms with Crippen molar-refractivity contribution in [3.05, 3.63) is 65.5 Å². The Morgan fingerprint density at radius 1 is 1.10 bits per heavy atom. The van der Waals surface area contributed by atoms with Gasteiger partial charge < -0.3 is 14.8 Å². The third kappa shape index (κ3) is 3.44. The van der Waals surface area contributed by atoms with E-state index in [2.05, 4.69) is 15.6 Å². The molecule has 148 valence electrons. The molecule has 0 saturated heterocycles. The molecule has 1 amide bonds. The van der Waals surface area contributed by atoms with Crippen molar-refractivity contribution in [1.29, 1.82) is 0 Å². The largest absolute Gasteiger partial charge is 0.486 e. The van der Waals surface area contributed by atoms with Crippen molar-refractivity contribution in [3.63, 3.8) is 0 Å². The number of fused-ring (bicyclic) bond motifs is 1. The van der Waals surface area contributed by atoms with E-state index < -0.39 is 0 Å². The standard InChI is InChI=1S/C22H22N4O3/c1-14(16-9-10-18-19(13-16)29-12-11-28-18)23-22(27)20-21(15-7-8-15)26(25-24-20)17-5-3-2-4-6-17/h2-6,9-10,13-15H,7-8,11-12H2,1H3,(H,23,27). The van der Waals surface area contributed by atoms with Gasteiger partial charge in [-0.3, -0.25) is 4.79 Å². The summed E-state index contributed by atoms with van der Waals surface area (Å²) < 4.78 is 13.0. The monoisotopic (exact) mass is 390 g/mol. The Hall–Kier alpha value is -3.35. The molecule has 1 aliphatic heterocycles. The number of para-hydroxylation sites is 1. The first-order chi connectivity index (χ1) is 14.2. The SMILES string of the molecule is CC(NC(=O)c1nnn(-c2ccccc2)c1C1CC1)c1ccc2c(c1)OCCO2. The van der Waals surface area contributed by atoms with E-state index in [4.69, 9.17) is 9.47 Å². The molecule has 2 aromatic carbocycles. The predicted molar refractivity (Wildman–Crippen MR) is 107 cm³/mol. The summed E-state index contributed by atoms with van der Waals surface area (Å²) in [5.74, 6) is 1.57. The second-order valence-corrected chi connectivity index (χ2v) is 7.44. The Bertz CT molecular complexity index is 1040. The molecule has 1 saturated carbocycles. The summed E-state index contributed by atoms with van der Waals surface area (Å²) in [6.07, 6.45) is 2.11. The molecule has 1 aliphatic carbocycles. The zero-order valence-electron chi connectivity index (χ0n) is 16.2. The zero-order valence-corrected chi connectivity index (χ0v) is 16.2. The highest BCUT2D eigenvalue weighted by atomic mass is 16.6. The number of rotatable bonds is 5. The number of nitrogens with zero attached hydrogens (tertiary/aromatic N) is 3. The molecule has 1 unspecified atom stereocenters. The third-order valence-corrected chi connectivity index (χ3v) is 5.30. The lowest BCUT2D eigenvalue weighted by atomic mass is 10.1. The van der Waals surface area contributed by atoms with Gasteiger partial charge in [0.05, 0.1) is 17.4 Å². The number of amides is 1. The minimum atomic E-state index is -0.212. The van der Waals surface area contributed by atoms with Gasteiger partial charge in [-0.15, -0.1) is 5.10 Å². The van der Waals surface area contributed by atoms with E-state index in [1.807, 2.05) is 55.5 Å². The molecule has 2 aliphatic rings. The molecule has 2 heterocycles. The maximum absolute atomic E-state index is 13.0. The number of aromatic nitrogens is 3. The number of carbonyl (C=O) groups excluding carboxylic acids is 1. The second-order valence-electron chi connectivity index (χ2n) is 7.44. The third-order valence-electron chi connectivity index (χ3n) is 5.30. The first-order valence-corrected chi connectivity index (χ1v) is 9.92. The minimum Gasteiger partial charge on any atom is -0.486 e. The van der Waals surface area contributed by atoms with Crippen LogP contribution in [-0.4, -0.2) is 34.1 Å². The van der Waals surface area contributed by atoms with Crippen LogP contribution in [0.15, 0.2) is 48.5 Å². The van der Waals surface area contributed by atoms with E-state index in [1.54, 1.807) is 4.68 Å². The van der Waals surface area contributed by atoms with Crippen molar-refractivity contribution < 1.29 is 14.3 Å². The fraction of sp³-hybridized carbons (Fsp3) is 0.318. The van der Waals surface area contributed by atoms with E-state index in [1.165, 1.54) is 0 Å². The van der Waals surface area contributed by atoms with Crippen LogP contribution >= 0.6 is 0 Å². The Morgan fingerprint density at radius 2 is 1.86 bits per heavy atom. The average molecular weight is 390 g/mol. The van der Waals surface area contributed by atoms with Gasteiger partial charge in [0.2, 0.25) is 0 Å². The number of benzene rings is 2. The zero-order chi connectivity index (χ0) is 19.8. The normalized spacial score (nSPS) is 16.3. The van der Waals surface area contributed by atoms with Gasteiger partial charge in [0.15, 0.2) is 17.2 Å². The van der Waals surface area contributed by atoms with Crippen LogP contribution in [0.4, 0.5) is 0 Å². The van der Waals surface area contributed by atoms with Crippen LogP contribution in [-0.2, 0) is 0 Å². The maximum Gasteiger partial charge on any atom is 0.274 e. The highest BCUT2D eigenvalue weighted by Gasteiger charge is 2.34. The fourth-order valence-corrected chi connectivity index (χ4v) is 3.61. The number of hydrogen-bond acceptors (Lipinski definition) is 5. The lowest BCUT2D eigenvalue weighted by Crippen LogP contribution is -2.28. The van der Waals surface area contributed by atoms with Crippen molar-refractivity contribution >= 4 is 5.91 Å². The Kier molecular flexibility index (Phi) is 4.42. The van der Waals surface area contributed by atoms with Crippen LogP contribution in [0, 0.1) is 0 Å². The molecule has 7 heteroatoms. The molecule has 1 atom stereocenters. The quantitative estimate of drug-likeness (QED) is 0.722. The van der Waals surface area contributed by atoms with Crippen LogP contribution in [0.1, 0.15) is 53.5 Å². The van der Waals surface area contributed by atoms with Crippen LogP contribution in [0.2, 0.25) is 0 Å². The smallest absolute Gasteiger partial charge is 0.274 e. The van der Waals surface area contributed by atoms with Crippen LogP contribution < -0.4 is 14.8 Å². The summed E-state index contributed by atoms with van der Waals surface area (Å²) in [6.45, 7) is 3.03. The van der Waals surface area contributed by atoms with E-state index in [0.717, 1.165) is 35.5 Å². The van der Waals surface area contributed by atoms with Gasteiger partial charge >= 0.3 is 0 Å². The van der Waals surface area contributed by atoms with E-state index in [9.17, 15) is 4.79 Å². The topological polar surface area (TPSA) is 78.3 Å². The first-order valence-electron chi connectivity index (χ1n) is 9.92. The molecule has 0 radical (unpaired) electrons. The molecule has 29 heavy (non-hydrogen) atoms. The lowest BCUT2D eigenvalue weighted by molar-refractivity contribution is 0.0933. The highest BCUT2D eigenvalue weighted by molar-refractivity contribution is 5.94. The predicted octanol–water partition coefficient (Wildman–Crippen LogP) is 3.41. The average Bonchev–Trinajstić information content (AvgIpc) is 3.51. The van der Waals surface area contributed by atoms with Gasteiger partial charge in [-0.25, -0.2) is 4.68 Å². The molecule has 0 bridgehead atoms. The lowest BCUT2D eigenvalue weighted by Gasteiger charge is -2.21. The van der Waals surface area contributed by atoms with Gasteiger partial charge in [-0.1, -0.05) is 29.5 Å². The molecule has 1 fully saturated rings. The van der Waals surface area contributed by atoms with Gasteiger partial charge in [-0.05, 0) is 49.6 Å². The van der Waals surface area contributed by atoms with Crippen molar-refractivity contribution in [1.82, 2.24) is 20.3 Å². The van der Waals surface area contributed by atoms with E-state index in [-0.39, 0.29) is 11.9 Å². The number of nitrogens with one attached hydrogen (secondary N) is 1. The van der Waals surface area contributed by atoms with E-state index >= 15 is 0 Å². The Balaban J connectivity index is 1.39. The van der Waals surface area contributed by atoms with Crippen LogP contribution in [0.3, 0.4) is 0 Å². The summed E-state index contributed by atoms with van der Waals surface area (Å²) in [7, 11) is 0. The van der Waals surface area contributed by atoms with Gasteiger partial charge in [0.25, 0.3) is 5.91 Å². The number of carbonyl (C=O) groups is 1. The summed E-state index contributed by atoms with van der Waals surface area (Å²) in [6, 6.07) is 15.4. The molecule has 1 N–H and O–H groups in total. The van der Waals surface area contributed by atoms with Crippen molar-refractivity contribution in [2.75, 3.05) is 13.2 Å². The van der Waals surface area contributed by atoms with Gasteiger partial charge in [0.1, 0.15) is 13.2 Å². The van der Waals surface area contributed by atoms with Crippen LogP contribution in [0.5, 0.6) is 11.5 Å². The molecule has 0 spiro atoms. The van der Waals surface area contributed by atoms with Gasteiger partial charge in [0, 0.05) is 5.92 Å². The summed E-state index contributed by atoms with van der Waals surface area (Å²) in [5.41, 5.74) is 3.16. The first kappa shape index (κ1) is 17.7. The summed E-state index contributed by atoms with van der Waals surface area (Å²) in [5, 5.41) is 11.6. The summed E-state index contributed by atoms with van der Waals surface area (Å²) in [4.78, 5) is 13.0. The molecular formula is C22H22N4O3. The van der Waals surface area contributed by atoms with Crippen LogP contribution in [0.25, 0.3) is 5.69 Å². The number of ether oxygens (including phenoxy) is 2. The van der Waals surface area contributed by atoms with Crippen molar-refractivity contribution in [2.24, 2.45) is 0 Å². The fourth-order valence-electron chi connectivity index (χ4n) is 3.61. The molecule has 1 aromatic heterocycles. The molecule has 3 aromatic rings. The van der Waals surface area contributed by atoms with Crippen molar-refractivity contribution in [2.45, 2.75) is 31.7 Å². The molecular weight excluding hydrogens is 368 g/mol. The second kappa shape index (κ2) is 7.24. The Morgan fingerprint density at radius 3 is 2.62 bits per heavy atom. The summed E-state index contributed by atoms with van der Waals surface area (Å²) >= 11 is 0. The minimum absolute atomic E-state index is 0.202. The number of hydrogen-bond donors (Lipinski definition) is 1. The highest BCUT2D eigenvalue weighted by Crippen LogP contribution is 2.42. The van der Waals surface area contributed by atoms with Gasteiger partial charge in [-0.2, -0.15) is 0 Å². The molecule has 5 rings (SSSR count). The molecule has 7 nitrogen and oxygen atoms in total.